The summed E-state index contributed by atoms with van der Waals surface area (Å²) in [6, 6.07) is 4.10. The summed E-state index contributed by atoms with van der Waals surface area (Å²) < 4.78 is 28.4. The van der Waals surface area contributed by atoms with Crippen LogP contribution in [0.2, 0.25) is 0 Å². The lowest BCUT2D eigenvalue weighted by Gasteiger charge is -1.89. The molecular weight excluding hydrogens is 208 g/mol. The number of rotatable bonds is 1. The molecule has 0 amide bonds. The number of carboxylic acid groups (broad SMARTS) is 1. The van der Waals surface area contributed by atoms with Crippen LogP contribution in [0.3, 0.4) is 0 Å². The largest absolute Gasteiger partial charge is 0.478 e. The quantitative estimate of drug-likeness (QED) is 0.637. The van der Waals surface area contributed by atoms with E-state index in [1.54, 1.807) is 0 Å². The number of fused-ring (bicyclic) bond motifs is 1. The van der Waals surface area contributed by atoms with Crippen molar-refractivity contribution in [2.45, 2.75) is 0 Å². The molecule has 0 aromatic heterocycles. The van der Waals surface area contributed by atoms with Crippen LogP contribution in [0.4, 0.5) is 0 Å². The van der Waals surface area contributed by atoms with Gasteiger partial charge in [0.2, 0.25) is 0 Å². The van der Waals surface area contributed by atoms with Crippen molar-refractivity contribution < 1.29 is 18.3 Å². The molecule has 0 saturated heterocycles. The molecule has 0 unspecified atom stereocenters. The molecule has 0 atom stereocenters. The number of benzene rings is 1. The van der Waals surface area contributed by atoms with E-state index in [0.717, 1.165) is 0 Å². The van der Waals surface area contributed by atoms with Gasteiger partial charge in [-0.2, -0.15) is 8.42 Å². The van der Waals surface area contributed by atoms with Crippen molar-refractivity contribution in [1.82, 2.24) is 0 Å². The monoisotopic (exact) mass is 212 g/mol. The average Bonchev–Trinajstić information content (AvgIpc) is 2.36. The van der Waals surface area contributed by atoms with Crippen LogP contribution in [0.1, 0.15) is 10.4 Å². The van der Waals surface area contributed by atoms with E-state index in [9.17, 15) is 13.2 Å². The second-order valence-corrected chi connectivity index (χ2v) is 3.87. The van der Waals surface area contributed by atoms with Crippen LogP contribution in [-0.2, 0) is 10.2 Å². The fourth-order valence-electron chi connectivity index (χ4n) is 1.13. The third-order valence-corrected chi connectivity index (χ3v) is 2.51. The summed E-state index contributed by atoms with van der Waals surface area (Å²) in [7, 11) is -3.87. The zero-order valence-corrected chi connectivity index (χ0v) is 7.52. The second-order valence-electron chi connectivity index (χ2n) is 2.61. The lowest BCUT2D eigenvalue weighted by atomic mass is 10.2. The highest BCUT2D eigenvalue weighted by Crippen LogP contribution is 1.97. The molecule has 1 aliphatic heterocycles. The molecule has 0 radical (unpaired) electrons. The summed E-state index contributed by atoms with van der Waals surface area (Å²) in [5.41, 5.74) is -0.160. The second kappa shape index (κ2) is 2.61. The first kappa shape index (κ1) is 8.82. The molecule has 1 aromatic rings. The summed E-state index contributed by atoms with van der Waals surface area (Å²) in [5.74, 6) is -1.22. The van der Waals surface area contributed by atoms with Crippen LogP contribution in [0.5, 0.6) is 0 Å². The van der Waals surface area contributed by atoms with E-state index < -0.39 is 16.2 Å². The van der Waals surface area contributed by atoms with Gasteiger partial charge in [0.05, 0.1) is 5.56 Å². The van der Waals surface area contributed by atoms with Crippen LogP contribution in [0.15, 0.2) is 27.0 Å². The highest BCUT2D eigenvalue weighted by atomic mass is 32.2. The summed E-state index contributed by atoms with van der Waals surface area (Å²) >= 11 is 0. The minimum atomic E-state index is -3.87. The molecule has 0 spiro atoms. The molecule has 0 aliphatic carbocycles. The van der Waals surface area contributed by atoms with Gasteiger partial charge in [-0.15, -0.1) is 8.80 Å². The Kier molecular flexibility index (Phi) is 1.65. The van der Waals surface area contributed by atoms with E-state index in [1.165, 1.54) is 18.2 Å². The van der Waals surface area contributed by atoms with Gasteiger partial charge in [0, 0.05) is 0 Å². The minimum Gasteiger partial charge on any atom is -0.478 e. The van der Waals surface area contributed by atoms with E-state index in [1.807, 2.05) is 0 Å². The molecule has 0 fully saturated rings. The van der Waals surface area contributed by atoms with Crippen LogP contribution < -0.4 is 10.7 Å². The Morgan fingerprint density at radius 2 is 2.00 bits per heavy atom. The van der Waals surface area contributed by atoms with Crippen molar-refractivity contribution in [3.05, 3.63) is 34.5 Å². The zero-order chi connectivity index (χ0) is 10.3. The Labute approximate surface area is 78.4 Å². The molecule has 6 nitrogen and oxygen atoms in total. The Bertz CT molecular complexity index is 632. The van der Waals surface area contributed by atoms with Crippen LogP contribution in [0.25, 0.3) is 0 Å². The van der Waals surface area contributed by atoms with Crippen molar-refractivity contribution in [2.75, 3.05) is 0 Å². The zero-order valence-electron chi connectivity index (χ0n) is 6.71. The van der Waals surface area contributed by atoms with Gasteiger partial charge in [0.1, 0.15) is 10.7 Å². The molecule has 2 rings (SSSR count). The van der Waals surface area contributed by atoms with Crippen molar-refractivity contribution in [3.8, 4) is 0 Å². The van der Waals surface area contributed by atoms with Crippen molar-refractivity contribution in [3.63, 3.8) is 0 Å². The highest BCUT2D eigenvalue weighted by Gasteiger charge is 2.16. The Morgan fingerprint density at radius 3 is 2.64 bits per heavy atom. The lowest BCUT2D eigenvalue weighted by Crippen LogP contribution is -2.28. The molecule has 1 aliphatic rings. The molecule has 7 heteroatoms. The van der Waals surface area contributed by atoms with Gasteiger partial charge < -0.3 is 5.11 Å². The summed E-state index contributed by atoms with van der Waals surface area (Å²) in [6.45, 7) is 0. The molecular formula is C7H4N2O4S. The maximum Gasteiger partial charge on any atom is 0.364 e. The van der Waals surface area contributed by atoms with Crippen molar-refractivity contribution in [1.29, 1.82) is 0 Å². The van der Waals surface area contributed by atoms with Gasteiger partial charge >= 0.3 is 16.2 Å². The van der Waals surface area contributed by atoms with Crippen LogP contribution >= 0.6 is 0 Å². The predicted octanol–water partition coefficient (Wildman–Crippen LogP) is -1.12. The minimum absolute atomic E-state index is 0.0740. The normalized spacial score (nSPS) is 16.6. The van der Waals surface area contributed by atoms with Gasteiger partial charge in [0.25, 0.3) is 0 Å². The third-order valence-electron chi connectivity index (χ3n) is 1.67. The van der Waals surface area contributed by atoms with E-state index >= 15 is 0 Å². The molecule has 72 valence electrons. The van der Waals surface area contributed by atoms with Crippen LogP contribution in [0, 0.1) is 0 Å². The van der Waals surface area contributed by atoms with Gasteiger partial charge in [-0.25, -0.2) is 4.79 Å². The molecule has 1 aromatic carbocycles. The standard InChI is InChI=1S/C7H4N2O4S/c10-7(11)4-2-1-3-5-6(4)9-14(12,13)8-5/h1-3H,(H,10,11). The number of nitrogens with zero attached hydrogens (tertiary/aromatic N) is 2. The van der Waals surface area contributed by atoms with E-state index in [-0.39, 0.29) is 16.3 Å². The highest BCUT2D eigenvalue weighted by molar-refractivity contribution is 7.88. The number of hydrogen-bond acceptors (Lipinski definition) is 3. The number of carboxylic acids is 1. The lowest BCUT2D eigenvalue weighted by molar-refractivity contribution is 0.0695. The maximum absolute atomic E-state index is 10.9. The number of hydrogen-bond donors (Lipinski definition) is 1. The van der Waals surface area contributed by atoms with Crippen molar-refractivity contribution >= 4 is 16.2 Å². The fourth-order valence-corrected chi connectivity index (χ4v) is 1.99. The van der Waals surface area contributed by atoms with Gasteiger partial charge in [-0.05, 0) is 12.1 Å². The average molecular weight is 212 g/mol. The maximum atomic E-state index is 10.9. The Balaban J connectivity index is 2.96. The first-order valence-corrected chi connectivity index (χ1v) is 4.96. The molecule has 14 heavy (non-hydrogen) atoms. The molecule has 1 heterocycles. The smallest absolute Gasteiger partial charge is 0.364 e. The molecule has 1 N–H and O–H groups in total. The number of aromatic carboxylic acids is 1. The topological polar surface area (TPSA) is 96.2 Å². The summed E-state index contributed by atoms with van der Waals surface area (Å²) in [4.78, 5) is 10.7. The first-order chi connectivity index (χ1) is 6.49. The van der Waals surface area contributed by atoms with Crippen molar-refractivity contribution in [2.24, 2.45) is 8.80 Å². The molecule has 0 saturated carbocycles. The summed E-state index contributed by atoms with van der Waals surface area (Å²) in [5, 5.41) is 8.70. The third kappa shape index (κ3) is 1.27. The van der Waals surface area contributed by atoms with Gasteiger partial charge in [-0.1, -0.05) is 6.07 Å². The number of carbonyl (C=O) groups is 1. The molecule has 0 bridgehead atoms. The van der Waals surface area contributed by atoms with Crippen LogP contribution in [-0.4, -0.2) is 19.5 Å². The van der Waals surface area contributed by atoms with Gasteiger partial charge in [0.15, 0.2) is 0 Å². The van der Waals surface area contributed by atoms with E-state index in [2.05, 4.69) is 8.80 Å². The fraction of sp³-hybridized carbons (Fsp3) is 0. The Hall–Kier alpha value is -1.76. The SMILES string of the molecule is O=C(O)c1cccc2c1=NS(=O)(=O)N=2. The first-order valence-electron chi connectivity index (χ1n) is 3.57. The summed E-state index contributed by atoms with van der Waals surface area (Å²) in [6.07, 6.45) is 0. The predicted molar refractivity (Wildman–Crippen MR) is 44.6 cm³/mol. The van der Waals surface area contributed by atoms with E-state index in [0.29, 0.717) is 0 Å². The van der Waals surface area contributed by atoms with E-state index in [4.69, 9.17) is 5.11 Å². The van der Waals surface area contributed by atoms with Gasteiger partial charge in [-0.3, -0.25) is 0 Å². The Morgan fingerprint density at radius 1 is 1.29 bits per heavy atom.